The highest BCUT2D eigenvalue weighted by atomic mass is 79.9. The smallest absolute Gasteiger partial charge is 0.271 e. The van der Waals surface area contributed by atoms with Crippen LogP contribution in [0.4, 0.5) is 11.4 Å². The summed E-state index contributed by atoms with van der Waals surface area (Å²) in [6.07, 6.45) is 0. The molecule has 0 fully saturated rings. The minimum atomic E-state index is -0.520. The number of carbonyl (C=O) groups is 1. The van der Waals surface area contributed by atoms with Crippen molar-refractivity contribution in [3.8, 4) is 11.5 Å². The molecule has 0 aliphatic carbocycles. The van der Waals surface area contributed by atoms with E-state index in [9.17, 15) is 14.9 Å². The number of hydrogen-bond acceptors (Lipinski definition) is 5. The number of ether oxygens (including phenoxy) is 2. The topological polar surface area (TPSA) is 90.7 Å². The molecule has 0 aliphatic heterocycles. The number of non-ortho nitro benzene ring substituents is 1. The molecular formula is C21H17BrN2O5. The normalized spacial score (nSPS) is 10.3. The highest BCUT2D eigenvalue weighted by molar-refractivity contribution is 9.10. The molecule has 3 rings (SSSR count). The van der Waals surface area contributed by atoms with Crippen LogP contribution >= 0.6 is 15.9 Å². The van der Waals surface area contributed by atoms with Gasteiger partial charge in [-0.2, -0.15) is 0 Å². The fourth-order valence-electron chi connectivity index (χ4n) is 2.62. The number of amides is 1. The number of nitro groups is 1. The van der Waals surface area contributed by atoms with E-state index in [0.717, 1.165) is 5.56 Å². The van der Waals surface area contributed by atoms with Gasteiger partial charge >= 0.3 is 0 Å². The van der Waals surface area contributed by atoms with Crippen molar-refractivity contribution >= 4 is 33.2 Å². The highest BCUT2D eigenvalue weighted by Crippen LogP contribution is 2.37. The number of carbonyl (C=O) groups excluding carboxylic acids is 1. The summed E-state index contributed by atoms with van der Waals surface area (Å²) in [7, 11) is 1.49. The zero-order valence-corrected chi connectivity index (χ0v) is 17.0. The molecule has 0 spiro atoms. The van der Waals surface area contributed by atoms with Crippen LogP contribution in [0, 0.1) is 10.1 Å². The lowest BCUT2D eigenvalue weighted by molar-refractivity contribution is -0.384. The van der Waals surface area contributed by atoms with Gasteiger partial charge in [-0.3, -0.25) is 14.9 Å². The van der Waals surface area contributed by atoms with Gasteiger partial charge in [0.05, 0.1) is 16.5 Å². The van der Waals surface area contributed by atoms with Gasteiger partial charge in [-0.05, 0) is 39.7 Å². The Morgan fingerprint density at radius 2 is 1.86 bits per heavy atom. The van der Waals surface area contributed by atoms with Gasteiger partial charge in [0.1, 0.15) is 6.61 Å². The Morgan fingerprint density at radius 3 is 2.55 bits per heavy atom. The molecule has 0 unspecified atom stereocenters. The fraction of sp³-hybridized carbons (Fsp3) is 0.0952. The van der Waals surface area contributed by atoms with Crippen LogP contribution < -0.4 is 14.8 Å². The van der Waals surface area contributed by atoms with Crippen LogP contribution in [0.5, 0.6) is 11.5 Å². The Kier molecular flexibility index (Phi) is 6.46. The van der Waals surface area contributed by atoms with Gasteiger partial charge in [-0.25, -0.2) is 0 Å². The second-order valence-electron chi connectivity index (χ2n) is 6.03. The van der Waals surface area contributed by atoms with E-state index in [2.05, 4.69) is 21.2 Å². The summed E-state index contributed by atoms with van der Waals surface area (Å²) in [6.45, 7) is 0.342. The lowest BCUT2D eigenvalue weighted by atomic mass is 10.1. The molecule has 3 aromatic rings. The van der Waals surface area contributed by atoms with E-state index in [4.69, 9.17) is 9.47 Å². The van der Waals surface area contributed by atoms with Crippen molar-refractivity contribution in [2.24, 2.45) is 0 Å². The standard InChI is InChI=1S/C21H17BrN2O5/c1-28-19-11-15(21(25)23-16-8-5-9-17(12-16)24(26)27)10-18(22)20(19)29-13-14-6-3-2-4-7-14/h2-12H,13H2,1H3,(H,23,25). The largest absolute Gasteiger partial charge is 0.493 e. The molecule has 0 radical (unpaired) electrons. The molecule has 0 aliphatic rings. The van der Waals surface area contributed by atoms with E-state index in [1.165, 1.54) is 25.3 Å². The number of nitrogens with zero attached hydrogens (tertiary/aromatic N) is 1. The van der Waals surface area contributed by atoms with E-state index in [1.54, 1.807) is 18.2 Å². The zero-order chi connectivity index (χ0) is 20.8. The monoisotopic (exact) mass is 456 g/mol. The molecule has 1 amide bonds. The predicted octanol–water partition coefficient (Wildman–Crippen LogP) is 5.20. The Morgan fingerprint density at radius 1 is 1.10 bits per heavy atom. The third-order valence-corrected chi connectivity index (χ3v) is 4.62. The second-order valence-corrected chi connectivity index (χ2v) is 6.88. The van der Waals surface area contributed by atoms with Crippen LogP contribution in [0.3, 0.4) is 0 Å². The molecule has 0 saturated carbocycles. The number of benzene rings is 3. The molecule has 0 bridgehead atoms. The summed E-state index contributed by atoms with van der Waals surface area (Å²) >= 11 is 3.42. The predicted molar refractivity (Wildman–Crippen MR) is 113 cm³/mol. The number of nitro benzene ring substituents is 1. The van der Waals surface area contributed by atoms with Crippen molar-refractivity contribution in [3.05, 3.63) is 92.4 Å². The Labute approximate surface area is 175 Å². The first-order valence-corrected chi connectivity index (χ1v) is 9.37. The molecule has 0 atom stereocenters. The Balaban J connectivity index is 1.79. The second kappa shape index (κ2) is 9.20. The fourth-order valence-corrected chi connectivity index (χ4v) is 3.18. The summed E-state index contributed by atoms with van der Waals surface area (Å²) in [4.78, 5) is 23.0. The number of hydrogen-bond donors (Lipinski definition) is 1. The molecule has 1 N–H and O–H groups in total. The molecule has 0 aromatic heterocycles. The Bertz CT molecular complexity index is 1040. The van der Waals surface area contributed by atoms with Gasteiger partial charge in [0.2, 0.25) is 0 Å². The first-order chi connectivity index (χ1) is 14.0. The zero-order valence-electron chi connectivity index (χ0n) is 15.4. The van der Waals surface area contributed by atoms with Crippen LogP contribution in [0.15, 0.2) is 71.2 Å². The molecule has 0 heterocycles. The van der Waals surface area contributed by atoms with E-state index < -0.39 is 10.8 Å². The molecule has 8 heteroatoms. The van der Waals surface area contributed by atoms with Gasteiger partial charge in [0.25, 0.3) is 11.6 Å². The van der Waals surface area contributed by atoms with Crippen molar-refractivity contribution in [1.82, 2.24) is 0 Å². The van der Waals surface area contributed by atoms with E-state index in [-0.39, 0.29) is 5.69 Å². The molecule has 7 nitrogen and oxygen atoms in total. The van der Waals surface area contributed by atoms with Crippen LogP contribution in [-0.2, 0) is 6.61 Å². The first-order valence-electron chi connectivity index (χ1n) is 8.58. The van der Waals surface area contributed by atoms with Crippen LogP contribution in [-0.4, -0.2) is 17.9 Å². The van der Waals surface area contributed by atoms with Crippen molar-refractivity contribution < 1.29 is 19.2 Å². The van der Waals surface area contributed by atoms with Crippen LogP contribution in [0.1, 0.15) is 15.9 Å². The average Bonchev–Trinajstić information content (AvgIpc) is 2.73. The number of nitrogens with one attached hydrogen (secondary N) is 1. The van der Waals surface area contributed by atoms with Gasteiger partial charge < -0.3 is 14.8 Å². The van der Waals surface area contributed by atoms with Gasteiger partial charge in [0.15, 0.2) is 11.5 Å². The summed E-state index contributed by atoms with van der Waals surface area (Å²) in [6, 6.07) is 18.6. The van der Waals surface area contributed by atoms with Crippen LogP contribution in [0.25, 0.3) is 0 Å². The average molecular weight is 457 g/mol. The molecule has 0 saturated heterocycles. The van der Waals surface area contributed by atoms with Gasteiger partial charge in [-0.1, -0.05) is 36.4 Å². The number of halogens is 1. The third-order valence-electron chi connectivity index (χ3n) is 4.03. The summed E-state index contributed by atoms with van der Waals surface area (Å²) in [5.74, 6) is 0.432. The summed E-state index contributed by atoms with van der Waals surface area (Å²) < 4.78 is 11.8. The first kappa shape index (κ1) is 20.3. The SMILES string of the molecule is COc1cc(C(=O)Nc2cccc([N+](=O)[O-])c2)cc(Br)c1OCc1ccccc1. The van der Waals surface area contributed by atoms with Crippen molar-refractivity contribution in [2.45, 2.75) is 6.61 Å². The molecular weight excluding hydrogens is 440 g/mol. The quantitative estimate of drug-likeness (QED) is 0.389. The van der Waals surface area contributed by atoms with E-state index >= 15 is 0 Å². The minimum absolute atomic E-state index is 0.105. The lowest BCUT2D eigenvalue weighted by Crippen LogP contribution is -2.12. The Hall–Kier alpha value is -3.39. The number of methoxy groups -OCH3 is 1. The maximum absolute atomic E-state index is 12.6. The highest BCUT2D eigenvalue weighted by Gasteiger charge is 2.17. The maximum atomic E-state index is 12.6. The number of rotatable bonds is 7. The van der Waals surface area contributed by atoms with Gasteiger partial charge in [0, 0.05) is 23.4 Å². The van der Waals surface area contributed by atoms with Crippen molar-refractivity contribution in [1.29, 1.82) is 0 Å². The summed E-state index contributed by atoms with van der Waals surface area (Å²) in [5, 5.41) is 13.5. The lowest BCUT2D eigenvalue weighted by Gasteiger charge is -2.14. The molecule has 148 valence electrons. The third kappa shape index (κ3) is 5.11. The van der Waals surface area contributed by atoms with Gasteiger partial charge in [-0.15, -0.1) is 0 Å². The van der Waals surface area contributed by atoms with Crippen molar-refractivity contribution in [2.75, 3.05) is 12.4 Å². The summed E-state index contributed by atoms with van der Waals surface area (Å²) in [5.41, 5.74) is 1.52. The van der Waals surface area contributed by atoms with Crippen molar-refractivity contribution in [3.63, 3.8) is 0 Å². The van der Waals surface area contributed by atoms with E-state index in [0.29, 0.717) is 33.8 Å². The number of anilines is 1. The van der Waals surface area contributed by atoms with Crippen LogP contribution in [0.2, 0.25) is 0 Å². The molecule has 3 aromatic carbocycles. The van der Waals surface area contributed by atoms with E-state index in [1.807, 2.05) is 30.3 Å². The minimum Gasteiger partial charge on any atom is -0.493 e. The maximum Gasteiger partial charge on any atom is 0.271 e. The molecule has 29 heavy (non-hydrogen) atoms.